The molecule has 19 heavy (non-hydrogen) atoms. The highest BCUT2D eigenvalue weighted by Crippen LogP contribution is 2.30. The van der Waals surface area contributed by atoms with Crippen molar-refractivity contribution in [1.82, 2.24) is 0 Å². The van der Waals surface area contributed by atoms with Crippen LogP contribution in [0.3, 0.4) is 0 Å². The van der Waals surface area contributed by atoms with Gasteiger partial charge < -0.3 is 9.64 Å². The quantitative estimate of drug-likeness (QED) is 0.858. The van der Waals surface area contributed by atoms with Crippen LogP contribution in [0.25, 0.3) is 0 Å². The van der Waals surface area contributed by atoms with Crippen molar-refractivity contribution in [2.45, 2.75) is 17.7 Å². The van der Waals surface area contributed by atoms with Crippen molar-refractivity contribution in [3.8, 4) is 0 Å². The van der Waals surface area contributed by atoms with Crippen molar-refractivity contribution in [2.75, 3.05) is 25.2 Å². The van der Waals surface area contributed by atoms with Gasteiger partial charge in [0.2, 0.25) is 15.9 Å². The van der Waals surface area contributed by atoms with Crippen molar-refractivity contribution in [2.24, 2.45) is 5.14 Å². The molecule has 0 fully saturated rings. The molecule has 0 spiro atoms. The predicted molar refractivity (Wildman–Crippen MR) is 70.4 cm³/mol. The summed E-state index contributed by atoms with van der Waals surface area (Å²) in [5.74, 6) is -0.0241. The highest BCUT2D eigenvalue weighted by atomic mass is 32.2. The first kappa shape index (κ1) is 14.0. The number of amides is 1. The molecule has 1 amide bonds. The van der Waals surface area contributed by atoms with Crippen LogP contribution in [0.5, 0.6) is 0 Å². The van der Waals surface area contributed by atoms with E-state index in [0.29, 0.717) is 26.0 Å². The maximum Gasteiger partial charge on any atom is 0.238 e. The summed E-state index contributed by atoms with van der Waals surface area (Å²) in [6.45, 7) is 0.936. The first-order chi connectivity index (χ1) is 8.93. The molecule has 0 unspecified atom stereocenters. The van der Waals surface area contributed by atoms with Gasteiger partial charge in [-0.05, 0) is 30.2 Å². The van der Waals surface area contributed by atoms with E-state index in [9.17, 15) is 13.2 Å². The van der Waals surface area contributed by atoms with E-state index in [1.165, 1.54) is 12.1 Å². The second kappa shape index (κ2) is 5.28. The van der Waals surface area contributed by atoms with Crippen molar-refractivity contribution in [3.05, 3.63) is 23.8 Å². The molecule has 0 radical (unpaired) electrons. The summed E-state index contributed by atoms with van der Waals surface area (Å²) in [5.41, 5.74) is 1.59. The Bertz CT molecular complexity index is 598. The average Bonchev–Trinajstić information content (AvgIpc) is 2.77. The lowest BCUT2D eigenvalue weighted by Crippen LogP contribution is -2.29. The van der Waals surface area contributed by atoms with Gasteiger partial charge in [-0.25, -0.2) is 13.6 Å². The zero-order valence-corrected chi connectivity index (χ0v) is 11.4. The minimum atomic E-state index is -3.70. The van der Waals surface area contributed by atoms with Crippen LogP contribution in [0.2, 0.25) is 0 Å². The van der Waals surface area contributed by atoms with Crippen molar-refractivity contribution >= 4 is 21.6 Å². The van der Waals surface area contributed by atoms with E-state index in [-0.39, 0.29) is 10.8 Å². The zero-order valence-electron chi connectivity index (χ0n) is 10.6. The van der Waals surface area contributed by atoms with Crippen LogP contribution < -0.4 is 10.0 Å². The predicted octanol–water partition coefficient (Wildman–Crippen LogP) is 0.260. The lowest BCUT2D eigenvalue weighted by Gasteiger charge is -2.17. The summed E-state index contributed by atoms with van der Waals surface area (Å²) in [6.07, 6.45) is 0.949. The van der Waals surface area contributed by atoms with Crippen molar-refractivity contribution in [1.29, 1.82) is 0 Å². The lowest BCUT2D eigenvalue weighted by atomic mass is 10.2. The number of rotatable bonds is 4. The van der Waals surface area contributed by atoms with Gasteiger partial charge in [-0.1, -0.05) is 0 Å². The standard InChI is InChI=1S/C12H16N2O4S/c1-18-7-5-12(15)14-6-4-9-8-10(19(13,16)17)2-3-11(9)14/h2-3,8H,4-7H2,1H3,(H2,13,16,17). The maximum atomic E-state index is 12.0. The van der Waals surface area contributed by atoms with Crippen LogP contribution in [0.15, 0.2) is 23.1 Å². The molecule has 1 aliphatic rings. The molecule has 2 rings (SSSR count). The van der Waals surface area contributed by atoms with Gasteiger partial charge in [0.1, 0.15) is 0 Å². The lowest BCUT2D eigenvalue weighted by molar-refractivity contribution is -0.119. The van der Waals surface area contributed by atoms with E-state index in [2.05, 4.69) is 0 Å². The number of nitrogens with zero attached hydrogens (tertiary/aromatic N) is 1. The molecule has 6 nitrogen and oxygen atoms in total. The fourth-order valence-electron chi connectivity index (χ4n) is 2.14. The molecule has 0 bridgehead atoms. The largest absolute Gasteiger partial charge is 0.384 e. The summed E-state index contributed by atoms with van der Waals surface area (Å²) >= 11 is 0. The number of nitrogens with two attached hydrogens (primary N) is 1. The number of primary sulfonamides is 1. The molecule has 0 atom stereocenters. The molecular formula is C12H16N2O4S. The smallest absolute Gasteiger partial charge is 0.238 e. The molecule has 0 saturated carbocycles. The molecule has 1 heterocycles. The van der Waals surface area contributed by atoms with E-state index >= 15 is 0 Å². The topological polar surface area (TPSA) is 89.7 Å². The number of benzene rings is 1. The van der Waals surface area contributed by atoms with Gasteiger partial charge in [0, 0.05) is 19.3 Å². The number of methoxy groups -OCH3 is 1. The van der Waals surface area contributed by atoms with Crippen molar-refractivity contribution < 1.29 is 17.9 Å². The summed E-state index contributed by atoms with van der Waals surface area (Å²) < 4.78 is 27.4. The molecule has 104 valence electrons. The minimum absolute atomic E-state index is 0.0241. The van der Waals surface area contributed by atoms with Crippen molar-refractivity contribution in [3.63, 3.8) is 0 Å². The molecule has 1 aromatic carbocycles. The Morgan fingerprint density at radius 1 is 1.47 bits per heavy atom. The number of hydrogen-bond acceptors (Lipinski definition) is 4. The van der Waals surface area contributed by atoms with Gasteiger partial charge in [0.15, 0.2) is 0 Å². The molecule has 1 aliphatic heterocycles. The van der Waals surface area contributed by atoms with E-state index in [4.69, 9.17) is 9.88 Å². The molecule has 0 aromatic heterocycles. The Kier molecular flexibility index (Phi) is 3.88. The Morgan fingerprint density at radius 2 is 2.21 bits per heavy atom. The third kappa shape index (κ3) is 2.94. The summed E-state index contributed by atoms with van der Waals surface area (Å²) in [5, 5.41) is 5.09. The summed E-state index contributed by atoms with van der Waals surface area (Å²) in [7, 11) is -2.15. The number of carbonyl (C=O) groups is 1. The number of ether oxygens (including phenoxy) is 1. The molecule has 0 saturated heterocycles. The number of anilines is 1. The maximum absolute atomic E-state index is 12.0. The highest BCUT2D eigenvalue weighted by Gasteiger charge is 2.25. The number of hydrogen-bond donors (Lipinski definition) is 1. The highest BCUT2D eigenvalue weighted by molar-refractivity contribution is 7.89. The van der Waals surface area contributed by atoms with Crippen LogP contribution in [0, 0.1) is 0 Å². The SMILES string of the molecule is COCCC(=O)N1CCc2cc(S(N)(=O)=O)ccc21. The van der Waals surface area contributed by atoms with Gasteiger partial charge in [0.25, 0.3) is 0 Å². The molecular weight excluding hydrogens is 268 g/mol. The van der Waals surface area contributed by atoms with Gasteiger partial charge >= 0.3 is 0 Å². The van der Waals surface area contributed by atoms with Crippen LogP contribution in [-0.2, 0) is 26.0 Å². The minimum Gasteiger partial charge on any atom is -0.384 e. The van der Waals surface area contributed by atoms with Gasteiger partial charge in [-0.2, -0.15) is 0 Å². The van der Waals surface area contributed by atoms with Crippen LogP contribution in [-0.4, -0.2) is 34.6 Å². The van der Waals surface area contributed by atoms with Crippen LogP contribution in [0.1, 0.15) is 12.0 Å². The van der Waals surface area contributed by atoms with Gasteiger partial charge in [0.05, 0.1) is 17.9 Å². The Hall–Kier alpha value is -1.44. The van der Waals surface area contributed by atoms with Gasteiger partial charge in [-0.15, -0.1) is 0 Å². The second-order valence-electron chi connectivity index (χ2n) is 4.37. The van der Waals surface area contributed by atoms with E-state index < -0.39 is 10.0 Å². The molecule has 7 heteroatoms. The third-order valence-corrected chi connectivity index (χ3v) is 4.01. The number of fused-ring (bicyclic) bond motifs is 1. The van der Waals surface area contributed by atoms with E-state index in [1.54, 1.807) is 18.1 Å². The Morgan fingerprint density at radius 3 is 2.84 bits per heavy atom. The van der Waals surface area contributed by atoms with E-state index in [1.807, 2.05) is 0 Å². The summed E-state index contributed by atoms with van der Waals surface area (Å²) in [6, 6.07) is 4.59. The molecule has 1 aromatic rings. The third-order valence-electron chi connectivity index (χ3n) is 3.10. The molecule has 2 N–H and O–H groups in total. The number of sulfonamides is 1. The first-order valence-corrected chi connectivity index (χ1v) is 7.43. The fourth-order valence-corrected chi connectivity index (χ4v) is 2.70. The average molecular weight is 284 g/mol. The summed E-state index contributed by atoms with van der Waals surface area (Å²) in [4.78, 5) is 13.7. The Labute approximate surface area is 112 Å². The normalized spacial score (nSPS) is 14.5. The van der Waals surface area contributed by atoms with Crippen LogP contribution in [0.4, 0.5) is 5.69 Å². The Balaban J connectivity index is 2.25. The van der Waals surface area contributed by atoms with Crippen LogP contribution >= 0.6 is 0 Å². The fraction of sp³-hybridized carbons (Fsp3) is 0.417. The molecule has 0 aliphatic carbocycles. The first-order valence-electron chi connectivity index (χ1n) is 5.88. The number of carbonyl (C=O) groups excluding carboxylic acids is 1. The van der Waals surface area contributed by atoms with Gasteiger partial charge in [-0.3, -0.25) is 4.79 Å². The zero-order chi connectivity index (χ0) is 14.0. The second-order valence-corrected chi connectivity index (χ2v) is 5.94. The van der Waals surface area contributed by atoms with E-state index in [0.717, 1.165) is 11.3 Å². The monoisotopic (exact) mass is 284 g/mol.